The highest BCUT2D eigenvalue weighted by Crippen LogP contribution is 2.38. The number of aliphatic hydroxyl groups is 1. The van der Waals surface area contributed by atoms with Crippen molar-refractivity contribution in [2.24, 2.45) is 0 Å². The van der Waals surface area contributed by atoms with Gasteiger partial charge in [0.25, 0.3) is 5.91 Å². The summed E-state index contributed by atoms with van der Waals surface area (Å²) in [5.74, 6) is -0.392. The fraction of sp³-hybridized carbons (Fsp3) is 0.158. The number of hydrogen-bond acceptors (Lipinski definition) is 4. The summed E-state index contributed by atoms with van der Waals surface area (Å²) in [7, 11) is 0. The Morgan fingerprint density at radius 1 is 1.19 bits per heavy atom. The quantitative estimate of drug-likeness (QED) is 0.682. The molecule has 7 heteroatoms. The van der Waals surface area contributed by atoms with Crippen molar-refractivity contribution < 1.29 is 14.3 Å². The lowest BCUT2D eigenvalue weighted by Crippen LogP contribution is -2.32. The van der Waals surface area contributed by atoms with E-state index in [0.29, 0.717) is 16.0 Å². The van der Waals surface area contributed by atoms with E-state index in [2.05, 4.69) is 15.9 Å². The van der Waals surface area contributed by atoms with Gasteiger partial charge in [0.1, 0.15) is 5.58 Å². The summed E-state index contributed by atoms with van der Waals surface area (Å²) >= 11 is 9.44. The maximum Gasteiger partial charge on any atom is 0.290 e. The Labute approximate surface area is 161 Å². The normalized spacial score (nSPS) is 16.3. The number of β-amino-alcohol motifs (C(OH)–C–C–N with tert-alkyl or cyclic N) is 1. The molecule has 2 heterocycles. The van der Waals surface area contributed by atoms with Crippen molar-refractivity contribution in [3.63, 3.8) is 0 Å². The van der Waals surface area contributed by atoms with E-state index in [1.807, 2.05) is 24.3 Å². The number of rotatable bonds is 3. The molecule has 0 aliphatic carbocycles. The second-order valence-corrected chi connectivity index (χ2v) is 7.35. The van der Waals surface area contributed by atoms with E-state index in [9.17, 15) is 14.7 Å². The molecule has 2 aromatic carbocycles. The minimum atomic E-state index is -0.623. The van der Waals surface area contributed by atoms with Gasteiger partial charge in [-0.05, 0) is 35.9 Å². The highest BCUT2D eigenvalue weighted by Gasteiger charge is 2.42. The SMILES string of the molecule is O=C1c2oc3ccc(Cl)cc3c(=O)c2[C@@H](c2cccc(Br)c2)N1CCO. The maximum absolute atomic E-state index is 13.2. The molecule has 0 radical (unpaired) electrons. The minimum Gasteiger partial charge on any atom is -0.450 e. The van der Waals surface area contributed by atoms with Gasteiger partial charge in [0.15, 0.2) is 5.43 Å². The highest BCUT2D eigenvalue weighted by atomic mass is 79.9. The van der Waals surface area contributed by atoms with Gasteiger partial charge in [0.2, 0.25) is 5.76 Å². The molecule has 1 N–H and O–H groups in total. The van der Waals surface area contributed by atoms with Gasteiger partial charge in [0.05, 0.1) is 23.6 Å². The number of fused-ring (bicyclic) bond motifs is 2. The van der Waals surface area contributed by atoms with Gasteiger partial charge >= 0.3 is 0 Å². The van der Waals surface area contributed by atoms with Gasteiger partial charge < -0.3 is 14.4 Å². The zero-order valence-corrected chi connectivity index (χ0v) is 15.8. The van der Waals surface area contributed by atoms with Gasteiger partial charge in [-0.3, -0.25) is 9.59 Å². The first-order valence-electron chi connectivity index (χ1n) is 7.95. The maximum atomic E-state index is 13.2. The number of halogens is 2. The van der Waals surface area contributed by atoms with Crippen LogP contribution in [0.1, 0.15) is 27.7 Å². The fourth-order valence-corrected chi connectivity index (χ4v) is 3.94. The molecule has 4 rings (SSSR count). The van der Waals surface area contributed by atoms with E-state index in [1.54, 1.807) is 18.2 Å². The van der Waals surface area contributed by atoms with Gasteiger partial charge in [-0.2, -0.15) is 0 Å². The van der Waals surface area contributed by atoms with E-state index < -0.39 is 11.9 Å². The molecule has 26 heavy (non-hydrogen) atoms. The lowest BCUT2D eigenvalue weighted by molar-refractivity contribution is 0.0691. The molecule has 0 spiro atoms. The number of benzene rings is 2. The minimum absolute atomic E-state index is 0.0169. The molecule has 0 saturated heterocycles. The Kier molecular flexibility index (Phi) is 4.34. The van der Waals surface area contributed by atoms with Gasteiger partial charge in [-0.25, -0.2) is 0 Å². The summed E-state index contributed by atoms with van der Waals surface area (Å²) in [4.78, 5) is 27.5. The summed E-state index contributed by atoms with van der Waals surface area (Å²) in [6, 6.07) is 11.5. The predicted octanol–water partition coefficient (Wildman–Crippen LogP) is 3.75. The summed E-state index contributed by atoms with van der Waals surface area (Å²) in [6.07, 6.45) is 0. The van der Waals surface area contributed by atoms with Crippen LogP contribution >= 0.6 is 27.5 Å². The van der Waals surface area contributed by atoms with Crippen LogP contribution in [0.25, 0.3) is 11.0 Å². The standard InChI is InChI=1S/C19H13BrClNO4/c20-11-3-1-2-10(8-11)16-15-17(24)13-9-12(21)4-5-14(13)26-18(15)19(25)22(16)6-7-23/h1-5,8-9,16,23H,6-7H2/t16-/m1/s1. The third-order valence-corrected chi connectivity index (χ3v) is 5.16. The van der Waals surface area contributed by atoms with Gasteiger partial charge in [0, 0.05) is 16.0 Å². The third-order valence-electron chi connectivity index (χ3n) is 4.43. The van der Waals surface area contributed by atoms with Crippen LogP contribution in [0.15, 0.2) is 56.1 Å². The van der Waals surface area contributed by atoms with E-state index in [0.717, 1.165) is 10.0 Å². The summed E-state index contributed by atoms with van der Waals surface area (Å²) < 4.78 is 6.59. The molecule has 0 saturated carbocycles. The molecule has 1 atom stereocenters. The van der Waals surface area contributed by atoms with E-state index >= 15 is 0 Å². The molecule has 132 valence electrons. The molecule has 1 aliphatic heterocycles. The van der Waals surface area contributed by atoms with Gasteiger partial charge in [-0.15, -0.1) is 0 Å². The van der Waals surface area contributed by atoms with Crippen molar-refractivity contribution in [1.29, 1.82) is 0 Å². The van der Waals surface area contributed by atoms with Crippen LogP contribution < -0.4 is 5.43 Å². The Hall–Kier alpha value is -2.15. The summed E-state index contributed by atoms with van der Waals surface area (Å²) in [6.45, 7) is -0.124. The van der Waals surface area contributed by atoms with Crippen molar-refractivity contribution in [3.8, 4) is 0 Å². The zero-order chi connectivity index (χ0) is 18.4. The smallest absolute Gasteiger partial charge is 0.290 e. The van der Waals surface area contributed by atoms with Crippen LogP contribution in [0, 0.1) is 0 Å². The number of hydrogen-bond donors (Lipinski definition) is 1. The lowest BCUT2D eigenvalue weighted by atomic mass is 9.98. The van der Waals surface area contributed by atoms with Gasteiger partial charge in [-0.1, -0.05) is 39.7 Å². The first-order chi connectivity index (χ1) is 12.5. The van der Waals surface area contributed by atoms with E-state index in [4.69, 9.17) is 16.0 Å². The number of amides is 1. The first-order valence-corrected chi connectivity index (χ1v) is 9.12. The average Bonchev–Trinajstić information content (AvgIpc) is 2.89. The number of aliphatic hydroxyl groups excluding tert-OH is 1. The average molecular weight is 435 g/mol. The number of carbonyl (C=O) groups is 1. The molecule has 0 fully saturated rings. The zero-order valence-electron chi connectivity index (χ0n) is 13.4. The summed E-state index contributed by atoms with van der Waals surface area (Å²) in [5.41, 5.74) is 1.05. The molecule has 5 nitrogen and oxygen atoms in total. The van der Waals surface area contributed by atoms with Crippen LogP contribution in [0.2, 0.25) is 5.02 Å². The molecule has 3 aromatic rings. The lowest BCUT2D eigenvalue weighted by Gasteiger charge is -2.24. The largest absolute Gasteiger partial charge is 0.450 e. The van der Waals surface area contributed by atoms with Crippen LogP contribution in [0.5, 0.6) is 0 Å². The van der Waals surface area contributed by atoms with Crippen LogP contribution in [0.3, 0.4) is 0 Å². The first kappa shape index (κ1) is 17.3. The van der Waals surface area contributed by atoms with Crippen molar-refractivity contribution >= 4 is 44.4 Å². The second-order valence-electron chi connectivity index (χ2n) is 5.99. The molecule has 1 amide bonds. The number of nitrogens with zero attached hydrogens (tertiary/aromatic N) is 1. The molecular weight excluding hydrogens is 422 g/mol. The van der Waals surface area contributed by atoms with Crippen molar-refractivity contribution in [2.45, 2.75) is 6.04 Å². The Morgan fingerprint density at radius 2 is 2.00 bits per heavy atom. The fourth-order valence-electron chi connectivity index (χ4n) is 3.35. The van der Waals surface area contributed by atoms with Crippen LogP contribution in [-0.4, -0.2) is 29.1 Å². The third kappa shape index (κ3) is 2.65. The topological polar surface area (TPSA) is 70.8 Å². The van der Waals surface area contributed by atoms with Crippen LogP contribution in [0.4, 0.5) is 0 Å². The predicted molar refractivity (Wildman–Crippen MR) is 102 cm³/mol. The summed E-state index contributed by atoms with van der Waals surface area (Å²) in [5, 5.41) is 10.2. The van der Waals surface area contributed by atoms with E-state index in [1.165, 1.54) is 4.90 Å². The Balaban J connectivity index is 2.03. The monoisotopic (exact) mass is 433 g/mol. The second kappa shape index (κ2) is 6.54. The Bertz CT molecular complexity index is 1090. The Morgan fingerprint density at radius 3 is 2.73 bits per heavy atom. The van der Waals surface area contributed by atoms with Crippen molar-refractivity contribution in [1.82, 2.24) is 4.90 Å². The molecule has 1 aromatic heterocycles. The van der Waals surface area contributed by atoms with E-state index in [-0.39, 0.29) is 29.9 Å². The van der Waals surface area contributed by atoms with Crippen molar-refractivity contribution in [2.75, 3.05) is 13.2 Å². The molecule has 0 unspecified atom stereocenters. The number of carbonyl (C=O) groups excluding carboxylic acids is 1. The highest BCUT2D eigenvalue weighted by molar-refractivity contribution is 9.10. The van der Waals surface area contributed by atoms with Crippen LogP contribution in [-0.2, 0) is 0 Å². The molecule has 1 aliphatic rings. The molecular formula is C19H13BrClNO4. The van der Waals surface area contributed by atoms with Crippen molar-refractivity contribution in [3.05, 3.63) is 79.1 Å². The molecule has 0 bridgehead atoms.